The number of nitrogens with zero attached hydrogens (tertiary/aromatic N) is 2. The quantitative estimate of drug-likeness (QED) is 0.741. The van der Waals surface area contributed by atoms with Crippen molar-refractivity contribution in [2.24, 2.45) is 0 Å². The largest absolute Gasteiger partial charge is 0.421 e. The van der Waals surface area contributed by atoms with Crippen molar-refractivity contribution in [2.45, 2.75) is 39.2 Å². The number of rotatable bonds is 8. The van der Waals surface area contributed by atoms with Crippen molar-refractivity contribution in [3.8, 4) is 0 Å². The molecule has 0 aliphatic carbocycles. The van der Waals surface area contributed by atoms with E-state index in [1.165, 1.54) is 25.7 Å². The molecule has 0 unspecified atom stereocenters. The predicted molar refractivity (Wildman–Crippen MR) is 75.3 cm³/mol. The van der Waals surface area contributed by atoms with E-state index in [1.807, 2.05) is 0 Å². The molecule has 0 amide bonds. The fourth-order valence-electron chi connectivity index (χ4n) is 2.09. The van der Waals surface area contributed by atoms with Gasteiger partial charge in [-0.3, -0.25) is 4.57 Å². The van der Waals surface area contributed by atoms with E-state index in [1.54, 1.807) is 22.9 Å². The van der Waals surface area contributed by atoms with Crippen LogP contribution in [0.15, 0.2) is 27.5 Å². The average Bonchev–Trinajstić information content (AvgIpc) is 2.74. The Labute approximate surface area is 112 Å². The first-order valence-corrected chi connectivity index (χ1v) is 6.98. The van der Waals surface area contributed by atoms with E-state index in [9.17, 15) is 4.79 Å². The molecule has 0 aromatic carbocycles. The van der Waals surface area contributed by atoms with Gasteiger partial charge in [-0.15, -0.1) is 0 Å². The lowest BCUT2D eigenvalue weighted by molar-refractivity contribution is 0.490. The second-order valence-electron chi connectivity index (χ2n) is 4.66. The molecule has 0 aliphatic rings. The Hall–Kier alpha value is -1.62. The van der Waals surface area contributed by atoms with Crippen LogP contribution in [0, 0.1) is 0 Å². The van der Waals surface area contributed by atoms with Crippen molar-refractivity contribution in [2.75, 3.05) is 13.1 Å². The Morgan fingerprint density at radius 2 is 2.21 bits per heavy atom. The van der Waals surface area contributed by atoms with Crippen molar-refractivity contribution >= 4 is 11.2 Å². The third-order valence-corrected chi connectivity index (χ3v) is 3.14. The highest BCUT2D eigenvalue weighted by atomic mass is 16.4. The molecule has 19 heavy (non-hydrogen) atoms. The van der Waals surface area contributed by atoms with Crippen molar-refractivity contribution in [1.82, 2.24) is 14.9 Å². The first-order chi connectivity index (χ1) is 9.33. The molecular weight excluding hydrogens is 242 g/mol. The molecule has 0 fully saturated rings. The lowest BCUT2D eigenvalue weighted by Gasteiger charge is -2.04. The van der Waals surface area contributed by atoms with Crippen LogP contribution in [0.25, 0.3) is 11.2 Å². The van der Waals surface area contributed by atoms with Crippen LogP contribution in [-0.4, -0.2) is 22.6 Å². The Bertz CT molecular complexity index is 559. The molecule has 0 saturated carbocycles. The highest BCUT2D eigenvalue weighted by Gasteiger charge is 2.08. The summed E-state index contributed by atoms with van der Waals surface area (Å²) in [7, 11) is 0. The first kappa shape index (κ1) is 13.8. The fraction of sp³-hybridized carbons (Fsp3) is 0.571. The van der Waals surface area contributed by atoms with Crippen LogP contribution in [0.5, 0.6) is 0 Å². The molecule has 0 radical (unpaired) electrons. The van der Waals surface area contributed by atoms with E-state index >= 15 is 0 Å². The lowest BCUT2D eigenvalue weighted by atomic mass is 10.2. The maximum Gasteiger partial charge on any atom is 0.421 e. The molecule has 0 aliphatic heterocycles. The molecule has 5 nitrogen and oxygen atoms in total. The van der Waals surface area contributed by atoms with E-state index in [0.717, 1.165) is 13.1 Å². The molecule has 0 saturated heterocycles. The molecule has 2 aromatic heterocycles. The molecular formula is C14H21N3O2. The number of pyridine rings is 1. The van der Waals surface area contributed by atoms with Crippen LogP contribution in [0.4, 0.5) is 0 Å². The number of hydrogen-bond acceptors (Lipinski definition) is 4. The van der Waals surface area contributed by atoms with Gasteiger partial charge >= 0.3 is 5.76 Å². The molecule has 104 valence electrons. The Morgan fingerprint density at radius 3 is 3.05 bits per heavy atom. The number of hydrogen-bond donors (Lipinski definition) is 1. The average molecular weight is 263 g/mol. The highest BCUT2D eigenvalue weighted by molar-refractivity contribution is 5.67. The monoisotopic (exact) mass is 263 g/mol. The van der Waals surface area contributed by atoms with Gasteiger partial charge in [-0.1, -0.05) is 26.2 Å². The summed E-state index contributed by atoms with van der Waals surface area (Å²) < 4.78 is 6.70. The smallest absolute Gasteiger partial charge is 0.406 e. The topological polar surface area (TPSA) is 60.1 Å². The normalized spacial score (nSPS) is 11.2. The summed E-state index contributed by atoms with van der Waals surface area (Å²) in [5.74, 6) is -0.332. The number of aromatic nitrogens is 2. The number of fused-ring (bicyclic) bond motifs is 1. The molecule has 2 heterocycles. The summed E-state index contributed by atoms with van der Waals surface area (Å²) in [6.07, 6.45) is 6.66. The van der Waals surface area contributed by atoms with Gasteiger partial charge in [0.1, 0.15) is 0 Å². The molecule has 0 bridgehead atoms. The zero-order chi connectivity index (χ0) is 13.5. The SMILES string of the molecule is CCCCCCNCCn1c(=O)oc2cccnc21. The minimum atomic E-state index is -0.332. The van der Waals surface area contributed by atoms with Crippen molar-refractivity contribution < 1.29 is 4.42 Å². The summed E-state index contributed by atoms with van der Waals surface area (Å²) >= 11 is 0. The van der Waals surface area contributed by atoms with Gasteiger partial charge in [0.25, 0.3) is 0 Å². The van der Waals surface area contributed by atoms with Gasteiger partial charge in [0, 0.05) is 19.3 Å². The van der Waals surface area contributed by atoms with E-state index in [-0.39, 0.29) is 5.76 Å². The van der Waals surface area contributed by atoms with Gasteiger partial charge in [-0.2, -0.15) is 0 Å². The molecule has 5 heteroatoms. The molecule has 0 atom stereocenters. The lowest BCUT2D eigenvalue weighted by Crippen LogP contribution is -2.25. The van der Waals surface area contributed by atoms with E-state index < -0.39 is 0 Å². The first-order valence-electron chi connectivity index (χ1n) is 6.98. The van der Waals surface area contributed by atoms with Gasteiger partial charge in [-0.05, 0) is 25.1 Å². The standard InChI is InChI=1S/C14H21N3O2/c1-2-3-4-5-8-15-10-11-17-13-12(19-14(17)18)7-6-9-16-13/h6-7,9,15H,2-5,8,10-11H2,1H3. The van der Waals surface area contributed by atoms with Crippen LogP contribution in [0.2, 0.25) is 0 Å². The van der Waals surface area contributed by atoms with Crippen LogP contribution >= 0.6 is 0 Å². The van der Waals surface area contributed by atoms with Crippen LogP contribution < -0.4 is 11.1 Å². The fourth-order valence-corrected chi connectivity index (χ4v) is 2.09. The minimum absolute atomic E-state index is 0.332. The third kappa shape index (κ3) is 3.67. The molecule has 2 aromatic rings. The molecule has 2 rings (SSSR count). The third-order valence-electron chi connectivity index (χ3n) is 3.14. The van der Waals surface area contributed by atoms with Crippen LogP contribution in [-0.2, 0) is 6.54 Å². The van der Waals surface area contributed by atoms with Gasteiger partial charge < -0.3 is 9.73 Å². The number of nitrogens with one attached hydrogen (secondary N) is 1. The van der Waals surface area contributed by atoms with Crippen molar-refractivity contribution in [3.05, 3.63) is 28.9 Å². The summed E-state index contributed by atoms with van der Waals surface area (Å²) in [5.41, 5.74) is 1.18. The van der Waals surface area contributed by atoms with Crippen molar-refractivity contribution in [1.29, 1.82) is 0 Å². The summed E-state index contributed by atoms with van der Waals surface area (Å²) in [6.45, 7) is 4.56. The van der Waals surface area contributed by atoms with E-state index in [0.29, 0.717) is 17.8 Å². The minimum Gasteiger partial charge on any atom is -0.406 e. The van der Waals surface area contributed by atoms with Crippen molar-refractivity contribution in [3.63, 3.8) is 0 Å². The van der Waals surface area contributed by atoms with Crippen LogP contribution in [0.1, 0.15) is 32.6 Å². The predicted octanol–water partition coefficient (Wildman–Crippen LogP) is 2.16. The van der Waals surface area contributed by atoms with Crippen LogP contribution in [0.3, 0.4) is 0 Å². The number of unbranched alkanes of at least 4 members (excludes halogenated alkanes) is 3. The Balaban J connectivity index is 1.82. The molecule has 0 spiro atoms. The Morgan fingerprint density at radius 1 is 1.32 bits per heavy atom. The zero-order valence-electron chi connectivity index (χ0n) is 11.4. The number of oxazole rings is 1. The Kier molecular flexibility index (Phi) is 5.15. The van der Waals surface area contributed by atoms with E-state index in [4.69, 9.17) is 4.42 Å². The summed E-state index contributed by atoms with van der Waals surface area (Å²) in [6, 6.07) is 3.53. The van der Waals surface area contributed by atoms with Gasteiger partial charge in [0.2, 0.25) is 0 Å². The zero-order valence-corrected chi connectivity index (χ0v) is 11.4. The van der Waals surface area contributed by atoms with Gasteiger partial charge in [0.15, 0.2) is 11.2 Å². The summed E-state index contributed by atoms with van der Waals surface area (Å²) in [4.78, 5) is 15.9. The molecule has 1 N–H and O–H groups in total. The van der Waals surface area contributed by atoms with E-state index in [2.05, 4.69) is 17.2 Å². The summed E-state index contributed by atoms with van der Waals surface area (Å²) in [5, 5.41) is 3.35. The highest BCUT2D eigenvalue weighted by Crippen LogP contribution is 2.07. The second-order valence-corrected chi connectivity index (χ2v) is 4.66. The second kappa shape index (κ2) is 7.09. The maximum atomic E-state index is 11.7. The maximum absolute atomic E-state index is 11.7. The van der Waals surface area contributed by atoms with Gasteiger partial charge in [-0.25, -0.2) is 9.78 Å². The van der Waals surface area contributed by atoms with Gasteiger partial charge in [0.05, 0.1) is 0 Å².